The Morgan fingerprint density at radius 2 is 2.10 bits per heavy atom. The largest absolute Gasteiger partial charge is 0.396 e. The fourth-order valence-corrected chi connectivity index (χ4v) is 0.784. The third kappa shape index (κ3) is 2.45. The number of aliphatic hydroxyl groups is 2. The van der Waals surface area contributed by atoms with Gasteiger partial charge < -0.3 is 10.2 Å². The molecule has 60 valence electrons. The van der Waals surface area contributed by atoms with Gasteiger partial charge in [-0.25, -0.2) is 0 Å². The monoisotopic (exact) mass is 146 g/mol. The van der Waals surface area contributed by atoms with Crippen molar-refractivity contribution in [3.05, 3.63) is 0 Å². The van der Waals surface area contributed by atoms with Crippen LogP contribution in [0.15, 0.2) is 0 Å². The van der Waals surface area contributed by atoms with Crippen LogP contribution in [0.5, 0.6) is 0 Å². The average molecular weight is 146 g/mol. The van der Waals surface area contributed by atoms with Crippen LogP contribution in [0, 0.1) is 5.92 Å². The summed E-state index contributed by atoms with van der Waals surface area (Å²) in [5, 5.41) is 17.7. The molecule has 0 saturated carbocycles. The molecule has 0 unspecified atom stereocenters. The summed E-state index contributed by atoms with van der Waals surface area (Å²) in [5.74, 6) is -0.571. The topological polar surface area (TPSA) is 57.5 Å². The van der Waals surface area contributed by atoms with E-state index in [0.717, 1.165) is 0 Å². The summed E-state index contributed by atoms with van der Waals surface area (Å²) in [6.45, 7) is 3.02. The molecule has 0 aromatic carbocycles. The molecular formula is C7H14O3. The number of carbonyl (C=O) groups excluding carboxylic acids is 1. The molecule has 3 nitrogen and oxygen atoms in total. The van der Waals surface area contributed by atoms with E-state index < -0.39 is 6.10 Å². The molecule has 2 atom stereocenters. The van der Waals surface area contributed by atoms with E-state index in [0.29, 0.717) is 6.42 Å². The highest BCUT2D eigenvalue weighted by atomic mass is 16.3. The lowest BCUT2D eigenvalue weighted by molar-refractivity contribution is -0.128. The minimum Gasteiger partial charge on any atom is -0.396 e. The van der Waals surface area contributed by atoms with Crippen LogP contribution in [0.2, 0.25) is 0 Å². The Bertz CT molecular complexity index is 107. The summed E-state index contributed by atoms with van der Waals surface area (Å²) in [4.78, 5) is 10.5. The molecule has 0 aliphatic rings. The number of aliphatic hydroxyl groups excluding tert-OH is 2. The van der Waals surface area contributed by atoms with Crippen LogP contribution in [-0.2, 0) is 4.79 Å². The summed E-state index contributed by atoms with van der Waals surface area (Å²) < 4.78 is 0. The van der Waals surface area contributed by atoms with Crippen molar-refractivity contribution in [3.8, 4) is 0 Å². The Labute approximate surface area is 60.7 Å². The molecule has 0 rings (SSSR count). The van der Waals surface area contributed by atoms with Crippen molar-refractivity contribution in [2.75, 3.05) is 6.61 Å². The molecule has 0 radical (unpaired) electrons. The summed E-state index contributed by atoms with van der Waals surface area (Å²) in [5.41, 5.74) is 0. The Morgan fingerprint density at radius 1 is 1.60 bits per heavy atom. The van der Waals surface area contributed by atoms with Crippen LogP contribution in [0.25, 0.3) is 0 Å². The second-order valence-corrected chi connectivity index (χ2v) is 2.41. The Kier molecular flexibility index (Phi) is 4.23. The molecule has 0 heterocycles. The fraction of sp³-hybridized carbons (Fsp3) is 0.857. The third-order valence-corrected chi connectivity index (χ3v) is 1.62. The summed E-state index contributed by atoms with van der Waals surface area (Å²) in [7, 11) is 0. The van der Waals surface area contributed by atoms with Gasteiger partial charge in [-0.3, -0.25) is 4.79 Å². The molecule has 0 amide bonds. The molecular weight excluding hydrogens is 132 g/mol. The SMILES string of the molecule is CC[C@@H](CO)[C@H](O)C(C)=O. The molecule has 0 fully saturated rings. The van der Waals surface area contributed by atoms with Crippen LogP contribution >= 0.6 is 0 Å². The molecule has 0 aliphatic heterocycles. The first-order valence-corrected chi connectivity index (χ1v) is 3.42. The van der Waals surface area contributed by atoms with Crippen LogP contribution < -0.4 is 0 Å². The van der Waals surface area contributed by atoms with E-state index in [2.05, 4.69) is 0 Å². The van der Waals surface area contributed by atoms with Crippen LogP contribution in [0.1, 0.15) is 20.3 Å². The Hall–Kier alpha value is -0.410. The maximum absolute atomic E-state index is 10.5. The number of carbonyl (C=O) groups is 1. The van der Waals surface area contributed by atoms with Crippen molar-refractivity contribution in [2.45, 2.75) is 26.4 Å². The highest BCUT2D eigenvalue weighted by Crippen LogP contribution is 2.07. The fourth-order valence-electron chi connectivity index (χ4n) is 0.784. The number of hydrogen-bond donors (Lipinski definition) is 2. The van der Waals surface area contributed by atoms with Crippen molar-refractivity contribution in [3.63, 3.8) is 0 Å². The molecule has 0 aromatic heterocycles. The van der Waals surface area contributed by atoms with Crippen molar-refractivity contribution in [2.24, 2.45) is 5.92 Å². The maximum atomic E-state index is 10.5. The molecule has 0 bridgehead atoms. The molecule has 3 heteroatoms. The minimum absolute atomic E-state index is 0.128. The maximum Gasteiger partial charge on any atom is 0.158 e. The molecule has 2 N–H and O–H groups in total. The number of Topliss-reactive ketones (excluding diaryl/α,β-unsaturated/α-hetero) is 1. The number of ketones is 1. The van der Waals surface area contributed by atoms with E-state index in [-0.39, 0.29) is 18.3 Å². The second-order valence-electron chi connectivity index (χ2n) is 2.41. The van der Waals surface area contributed by atoms with Gasteiger partial charge in [0, 0.05) is 12.5 Å². The van der Waals surface area contributed by atoms with Gasteiger partial charge >= 0.3 is 0 Å². The summed E-state index contributed by atoms with van der Waals surface area (Å²) in [6.07, 6.45) is -0.368. The average Bonchev–Trinajstić information content (AvgIpc) is 1.90. The van der Waals surface area contributed by atoms with Gasteiger partial charge in [0.25, 0.3) is 0 Å². The molecule has 0 spiro atoms. The quantitative estimate of drug-likeness (QED) is 0.585. The van der Waals surface area contributed by atoms with E-state index in [9.17, 15) is 4.79 Å². The van der Waals surface area contributed by atoms with Gasteiger partial charge in [0.1, 0.15) is 6.10 Å². The van der Waals surface area contributed by atoms with Crippen LogP contribution in [0.4, 0.5) is 0 Å². The lowest BCUT2D eigenvalue weighted by Gasteiger charge is -2.15. The van der Waals surface area contributed by atoms with Gasteiger partial charge in [-0.2, -0.15) is 0 Å². The van der Waals surface area contributed by atoms with E-state index in [1.54, 1.807) is 0 Å². The highest BCUT2D eigenvalue weighted by molar-refractivity contribution is 5.80. The smallest absolute Gasteiger partial charge is 0.158 e. The first kappa shape index (κ1) is 9.59. The highest BCUT2D eigenvalue weighted by Gasteiger charge is 2.19. The van der Waals surface area contributed by atoms with E-state index in [4.69, 9.17) is 10.2 Å². The van der Waals surface area contributed by atoms with Crippen molar-refractivity contribution < 1.29 is 15.0 Å². The first-order chi connectivity index (χ1) is 4.63. The lowest BCUT2D eigenvalue weighted by Crippen LogP contribution is -2.29. The van der Waals surface area contributed by atoms with Gasteiger partial charge in [0.15, 0.2) is 5.78 Å². The summed E-state index contributed by atoms with van der Waals surface area (Å²) >= 11 is 0. The van der Waals surface area contributed by atoms with Gasteiger partial charge in [-0.15, -0.1) is 0 Å². The standard InChI is InChI=1S/C7H14O3/c1-3-6(4-8)7(10)5(2)9/h6-8,10H,3-4H2,1-2H3/t6-,7+/m0/s1. The van der Waals surface area contributed by atoms with E-state index in [1.807, 2.05) is 6.92 Å². The normalized spacial score (nSPS) is 16.4. The predicted octanol–water partition coefficient (Wildman–Crippen LogP) is -0.0452. The zero-order valence-electron chi connectivity index (χ0n) is 6.37. The first-order valence-electron chi connectivity index (χ1n) is 3.42. The van der Waals surface area contributed by atoms with E-state index >= 15 is 0 Å². The zero-order chi connectivity index (χ0) is 8.15. The zero-order valence-corrected chi connectivity index (χ0v) is 6.37. The van der Waals surface area contributed by atoms with E-state index in [1.165, 1.54) is 6.92 Å². The van der Waals surface area contributed by atoms with Gasteiger partial charge in [-0.05, 0) is 13.3 Å². The number of hydrogen-bond acceptors (Lipinski definition) is 3. The molecule has 0 saturated heterocycles. The predicted molar refractivity (Wildman–Crippen MR) is 37.6 cm³/mol. The lowest BCUT2D eigenvalue weighted by atomic mass is 9.98. The molecule has 10 heavy (non-hydrogen) atoms. The van der Waals surface area contributed by atoms with Crippen LogP contribution in [0.3, 0.4) is 0 Å². The summed E-state index contributed by atoms with van der Waals surface area (Å²) in [6, 6.07) is 0. The second kappa shape index (κ2) is 4.41. The number of rotatable bonds is 4. The molecule has 0 aromatic rings. The molecule has 0 aliphatic carbocycles. The van der Waals surface area contributed by atoms with Crippen LogP contribution in [-0.4, -0.2) is 28.7 Å². The van der Waals surface area contributed by atoms with Gasteiger partial charge in [0.05, 0.1) is 0 Å². The van der Waals surface area contributed by atoms with Crippen molar-refractivity contribution in [1.29, 1.82) is 0 Å². The Morgan fingerprint density at radius 3 is 2.20 bits per heavy atom. The Balaban J connectivity index is 3.88. The third-order valence-electron chi connectivity index (χ3n) is 1.62. The van der Waals surface area contributed by atoms with Crippen molar-refractivity contribution in [1.82, 2.24) is 0 Å². The van der Waals surface area contributed by atoms with Gasteiger partial charge in [0.2, 0.25) is 0 Å². The van der Waals surface area contributed by atoms with Gasteiger partial charge in [-0.1, -0.05) is 6.92 Å². The van der Waals surface area contributed by atoms with Crippen molar-refractivity contribution >= 4 is 5.78 Å². The minimum atomic E-state index is -0.991.